The molecule has 0 aliphatic heterocycles. The summed E-state index contributed by atoms with van der Waals surface area (Å²) in [7, 11) is 0. The molecule has 0 aliphatic carbocycles. The van der Waals surface area contributed by atoms with Crippen molar-refractivity contribution in [3.8, 4) is 0 Å². The molecule has 0 fully saturated rings. The molecule has 0 bridgehead atoms. The summed E-state index contributed by atoms with van der Waals surface area (Å²) in [6.45, 7) is 4.97. The van der Waals surface area contributed by atoms with E-state index < -0.39 is 0 Å². The summed E-state index contributed by atoms with van der Waals surface area (Å²) in [6.07, 6.45) is 0.805. The molecule has 0 unspecified atom stereocenters. The van der Waals surface area contributed by atoms with Crippen LogP contribution in [0.5, 0.6) is 0 Å². The predicted molar refractivity (Wildman–Crippen MR) is 64.2 cm³/mol. The zero-order valence-corrected chi connectivity index (χ0v) is 10.5. The quantitative estimate of drug-likeness (QED) is 0.504. The van der Waals surface area contributed by atoms with Gasteiger partial charge in [-0.05, 0) is 6.92 Å². The van der Waals surface area contributed by atoms with Gasteiger partial charge in [-0.3, -0.25) is 14.4 Å². The molecule has 0 saturated heterocycles. The molecule has 0 aromatic rings. The second-order valence-electron chi connectivity index (χ2n) is 3.51. The van der Waals surface area contributed by atoms with Crippen LogP contribution in [0.25, 0.3) is 0 Å². The SMILES string of the molecule is CCNC(=O)CCC(=O)NCCNC(=O)CC. The molecule has 0 aliphatic rings. The maximum atomic E-state index is 11.3. The Balaban J connectivity index is 3.47. The van der Waals surface area contributed by atoms with E-state index in [1.165, 1.54) is 0 Å². The van der Waals surface area contributed by atoms with Crippen molar-refractivity contribution in [1.82, 2.24) is 16.0 Å². The Morgan fingerprint density at radius 1 is 0.765 bits per heavy atom. The van der Waals surface area contributed by atoms with Gasteiger partial charge in [0.15, 0.2) is 0 Å². The minimum atomic E-state index is -0.179. The van der Waals surface area contributed by atoms with Crippen LogP contribution in [0.2, 0.25) is 0 Å². The maximum Gasteiger partial charge on any atom is 0.220 e. The summed E-state index contributed by atoms with van der Waals surface area (Å²) in [5.41, 5.74) is 0. The first-order chi connectivity index (χ1) is 8.10. The minimum absolute atomic E-state index is 0.0402. The lowest BCUT2D eigenvalue weighted by Crippen LogP contribution is -2.35. The van der Waals surface area contributed by atoms with Crippen molar-refractivity contribution < 1.29 is 14.4 Å². The average Bonchev–Trinajstić information content (AvgIpc) is 2.32. The van der Waals surface area contributed by atoms with E-state index in [1.807, 2.05) is 6.92 Å². The molecule has 0 heterocycles. The molecule has 0 spiro atoms. The molecule has 98 valence electrons. The number of hydrogen-bond donors (Lipinski definition) is 3. The highest BCUT2D eigenvalue weighted by molar-refractivity contribution is 5.83. The zero-order chi connectivity index (χ0) is 13.1. The summed E-state index contributed by atoms with van der Waals surface area (Å²) in [6, 6.07) is 0. The van der Waals surface area contributed by atoms with Crippen LogP contribution in [-0.2, 0) is 14.4 Å². The number of nitrogens with one attached hydrogen (secondary N) is 3. The van der Waals surface area contributed by atoms with Crippen molar-refractivity contribution in [2.45, 2.75) is 33.1 Å². The van der Waals surface area contributed by atoms with Crippen molar-refractivity contribution in [1.29, 1.82) is 0 Å². The fraction of sp³-hybridized carbons (Fsp3) is 0.727. The van der Waals surface area contributed by atoms with Crippen LogP contribution >= 0.6 is 0 Å². The molecule has 6 nitrogen and oxygen atoms in total. The lowest BCUT2D eigenvalue weighted by molar-refractivity contribution is -0.126. The van der Waals surface area contributed by atoms with Crippen LogP contribution < -0.4 is 16.0 Å². The summed E-state index contributed by atoms with van der Waals surface area (Å²) in [5.74, 6) is -0.342. The smallest absolute Gasteiger partial charge is 0.220 e. The van der Waals surface area contributed by atoms with Crippen molar-refractivity contribution in [3.63, 3.8) is 0 Å². The second-order valence-corrected chi connectivity index (χ2v) is 3.51. The normalized spacial score (nSPS) is 9.53. The minimum Gasteiger partial charge on any atom is -0.356 e. The standard InChI is InChI=1S/C11H21N3O3/c1-3-9(15)13-7-8-14-11(17)6-5-10(16)12-4-2/h3-8H2,1-2H3,(H,12,16)(H,13,15)(H,14,17). The van der Waals surface area contributed by atoms with Crippen LogP contribution in [0.15, 0.2) is 0 Å². The number of amides is 3. The van der Waals surface area contributed by atoms with E-state index >= 15 is 0 Å². The third-order valence-electron chi connectivity index (χ3n) is 2.04. The Morgan fingerprint density at radius 2 is 1.24 bits per heavy atom. The average molecular weight is 243 g/mol. The fourth-order valence-corrected chi connectivity index (χ4v) is 1.13. The van der Waals surface area contributed by atoms with Crippen molar-refractivity contribution in [2.75, 3.05) is 19.6 Å². The molecule has 17 heavy (non-hydrogen) atoms. The first-order valence-corrected chi connectivity index (χ1v) is 5.90. The van der Waals surface area contributed by atoms with Gasteiger partial charge in [-0.15, -0.1) is 0 Å². The first-order valence-electron chi connectivity index (χ1n) is 5.90. The summed E-state index contributed by atoms with van der Waals surface area (Å²) in [4.78, 5) is 33.2. The number of rotatable bonds is 8. The fourth-order valence-electron chi connectivity index (χ4n) is 1.13. The van der Waals surface area contributed by atoms with E-state index in [0.717, 1.165) is 0 Å². The van der Waals surface area contributed by atoms with Gasteiger partial charge < -0.3 is 16.0 Å². The van der Waals surface area contributed by atoms with E-state index in [2.05, 4.69) is 16.0 Å². The van der Waals surface area contributed by atoms with Crippen LogP contribution in [0.3, 0.4) is 0 Å². The molecule has 0 aromatic heterocycles. The largest absolute Gasteiger partial charge is 0.356 e. The predicted octanol–water partition coefficient (Wildman–Crippen LogP) is -0.455. The molecule has 0 rings (SSSR count). The van der Waals surface area contributed by atoms with Gasteiger partial charge in [-0.1, -0.05) is 6.92 Å². The lowest BCUT2D eigenvalue weighted by atomic mass is 10.3. The molecule has 6 heteroatoms. The van der Waals surface area contributed by atoms with Gasteiger partial charge in [0.05, 0.1) is 0 Å². The lowest BCUT2D eigenvalue weighted by Gasteiger charge is -2.06. The van der Waals surface area contributed by atoms with Crippen LogP contribution in [0.1, 0.15) is 33.1 Å². The summed E-state index contributed by atoms with van der Waals surface area (Å²) in [5, 5.41) is 7.88. The van der Waals surface area contributed by atoms with Crippen LogP contribution in [0, 0.1) is 0 Å². The zero-order valence-electron chi connectivity index (χ0n) is 10.5. The van der Waals surface area contributed by atoms with Gasteiger partial charge in [-0.2, -0.15) is 0 Å². The van der Waals surface area contributed by atoms with Crippen LogP contribution in [-0.4, -0.2) is 37.4 Å². The number of hydrogen-bond acceptors (Lipinski definition) is 3. The highest BCUT2D eigenvalue weighted by Gasteiger charge is 2.05. The first kappa shape index (κ1) is 15.4. The van der Waals surface area contributed by atoms with Crippen molar-refractivity contribution in [3.05, 3.63) is 0 Å². The Bertz CT molecular complexity index is 267. The Morgan fingerprint density at radius 3 is 1.71 bits per heavy atom. The van der Waals surface area contributed by atoms with Gasteiger partial charge in [-0.25, -0.2) is 0 Å². The third kappa shape index (κ3) is 9.35. The van der Waals surface area contributed by atoms with E-state index in [4.69, 9.17) is 0 Å². The van der Waals surface area contributed by atoms with Gasteiger partial charge in [0, 0.05) is 38.9 Å². The van der Waals surface area contributed by atoms with E-state index in [1.54, 1.807) is 6.92 Å². The highest BCUT2D eigenvalue weighted by Crippen LogP contribution is 1.88. The third-order valence-corrected chi connectivity index (χ3v) is 2.04. The van der Waals surface area contributed by atoms with E-state index in [9.17, 15) is 14.4 Å². The van der Waals surface area contributed by atoms with Gasteiger partial charge >= 0.3 is 0 Å². The number of carbonyl (C=O) groups is 3. The van der Waals surface area contributed by atoms with Crippen molar-refractivity contribution in [2.24, 2.45) is 0 Å². The molecule has 0 saturated carbocycles. The van der Waals surface area contributed by atoms with Gasteiger partial charge in [0.1, 0.15) is 0 Å². The molecular weight excluding hydrogens is 222 g/mol. The second kappa shape index (κ2) is 9.62. The van der Waals surface area contributed by atoms with Crippen LogP contribution in [0.4, 0.5) is 0 Å². The summed E-state index contributed by atoms with van der Waals surface area (Å²) < 4.78 is 0. The van der Waals surface area contributed by atoms with E-state index in [0.29, 0.717) is 26.1 Å². The monoisotopic (exact) mass is 243 g/mol. The molecule has 0 atom stereocenters. The summed E-state index contributed by atoms with van der Waals surface area (Å²) >= 11 is 0. The van der Waals surface area contributed by atoms with Gasteiger partial charge in [0.2, 0.25) is 17.7 Å². The molecule has 3 amide bonds. The van der Waals surface area contributed by atoms with Crippen molar-refractivity contribution >= 4 is 17.7 Å². The molecule has 0 aromatic carbocycles. The molecule has 3 N–H and O–H groups in total. The van der Waals surface area contributed by atoms with Gasteiger partial charge in [0.25, 0.3) is 0 Å². The Labute approximate surface area is 102 Å². The molecule has 0 radical (unpaired) electrons. The number of carbonyl (C=O) groups excluding carboxylic acids is 3. The maximum absolute atomic E-state index is 11.3. The van der Waals surface area contributed by atoms with E-state index in [-0.39, 0.29) is 30.6 Å². The topological polar surface area (TPSA) is 87.3 Å². The highest BCUT2D eigenvalue weighted by atomic mass is 16.2. The Kier molecular flexibility index (Phi) is 8.72. The molecular formula is C11H21N3O3. The Hall–Kier alpha value is -1.59.